The average Bonchev–Trinajstić information content (AvgIpc) is 3.73. The van der Waals surface area contributed by atoms with Gasteiger partial charge in [-0.25, -0.2) is 15.0 Å². The first kappa shape index (κ1) is 35.0. The summed E-state index contributed by atoms with van der Waals surface area (Å²) in [6.45, 7) is 0. The molecule has 60 heavy (non-hydrogen) atoms. The fraction of sp³-hybridized carbons (Fsp3) is 0. The van der Waals surface area contributed by atoms with Crippen LogP contribution < -0.4 is 4.90 Å². The average molecular weight is 769 g/mol. The van der Waals surface area contributed by atoms with Gasteiger partial charge in [-0.15, -0.1) is 0 Å². The highest BCUT2D eigenvalue weighted by molar-refractivity contribution is 6.17. The van der Waals surface area contributed by atoms with Crippen molar-refractivity contribution in [2.75, 3.05) is 4.90 Å². The van der Waals surface area contributed by atoms with E-state index < -0.39 is 0 Å². The van der Waals surface area contributed by atoms with Gasteiger partial charge < -0.3 is 9.32 Å². The highest BCUT2D eigenvalue weighted by Crippen LogP contribution is 2.46. The van der Waals surface area contributed by atoms with Crippen molar-refractivity contribution in [3.8, 4) is 56.4 Å². The van der Waals surface area contributed by atoms with E-state index in [0.29, 0.717) is 17.5 Å². The number of rotatable bonds is 8. The van der Waals surface area contributed by atoms with E-state index in [4.69, 9.17) is 19.4 Å². The molecule has 0 aliphatic carbocycles. The van der Waals surface area contributed by atoms with Crippen LogP contribution in [-0.4, -0.2) is 15.0 Å². The Morgan fingerprint density at radius 1 is 0.350 bits per heavy atom. The molecule has 2 heterocycles. The smallest absolute Gasteiger partial charge is 0.164 e. The molecule has 0 atom stereocenters. The molecular formula is C55H36N4O. The molecule has 282 valence electrons. The molecule has 5 nitrogen and oxygen atoms in total. The number of nitrogens with zero attached hydrogens (tertiary/aromatic N) is 4. The molecule has 11 rings (SSSR count). The normalized spacial score (nSPS) is 11.3. The maximum absolute atomic E-state index is 6.81. The van der Waals surface area contributed by atoms with Crippen LogP contribution in [0.5, 0.6) is 0 Å². The first-order valence-corrected chi connectivity index (χ1v) is 20.1. The Hall–Kier alpha value is -8.15. The summed E-state index contributed by atoms with van der Waals surface area (Å²) in [5.41, 5.74) is 12.1. The van der Waals surface area contributed by atoms with Gasteiger partial charge in [-0.3, -0.25) is 0 Å². The third kappa shape index (κ3) is 6.45. The molecule has 0 unspecified atom stereocenters. The summed E-state index contributed by atoms with van der Waals surface area (Å²) in [6, 6.07) is 75.8. The number of benzene rings is 9. The van der Waals surface area contributed by atoms with E-state index in [-0.39, 0.29) is 0 Å². The highest BCUT2D eigenvalue weighted by atomic mass is 16.3. The van der Waals surface area contributed by atoms with Gasteiger partial charge in [-0.2, -0.15) is 0 Å². The molecule has 0 N–H and O–H groups in total. The monoisotopic (exact) mass is 768 g/mol. The molecule has 0 bridgehead atoms. The predicted molar refractivity (Wildman–Crippen MR) is 246 cm³/mol. The number of para-hydroxylation sites is 2. The Bertz CT molecular complexity index is 3240. The first-order valence-electron chi connectivity index (χ1n) is 20.1. The largest absolute Gasteiger partial charge is 0.455 e. The fourth-order valence-corrected chi connectivity index (χ4v) is 8.15. The van der Waals surface area contributed by atoms with Gasteiger partial charge in [-0.1, -0.05) is 164 Å². The molecule has 0 saturated heterocycles. The SMILES string of the molecule is c1ccc(-c2ccc(N(c3ccccc3)c3ccc(-c4ccc5cc(-c6nc(-c7ccccc7)nc(-c7ccccc7)n6)ccc5c4)c4oc5ccccc5c34)cc2)cc1. The minimum atomic E-state index is 0.630. The molecule has 0 radical (unpaired) electrons. The number of anilines is 3. The van der Waals surface area contributed by atoms with Crippen LogP contribution in [-0.2, 0) is 0 Å². The third-order valence-corrected chi connectivity index (χ3v) is 11.1. The zero-order valence-corrected chi connectivity index (χ0v) is 32.5. The lowest BCUT2D eigenvalue weighted by atomic mass is 9.97. The van der Waals surface area contributed by atoms with Crippen LogP contribution in [0.2, 0.25) is 0 Å². The Morgan fingerprint density at radius 2 is 0.817 bits per heavy atom. The van der Waals surface area contributed by atoms with E-state index in [0.717, 1.165) is 77.6 Å². The predicted octanol–water partition coefficient (Wildman–Crippen LogP) is 14.7. The van der Waals surface area contributed by atoms with Gasteiger partial charge in [0.05, 0.1) is 11.1 Å². The van der Waals surface area contributed by atoms with E-state index in [9.17, 15) is 0 Å². The van der Waals surface area contributed by atoms with Crippen molar-refractivity contribution in [2.24, 2.45) is 0 Å². The zero-order chi connectivity index (χ0) is 39.8. The summed E-state index contributed by atoms with van der Waals surface area (Å²) in [5.74, 6) is 1.91. The molecule has 0 saturated carbocycles. The van der Waals surface area contributed by atoms with Gasteiger partial charge in [0.2, 0.25) is 0 Å². The van der Waals surface area contributed by atoms with E-state index in [1.807, 2.05) is 66.7 Å². The van der Waals surface area contributed by atoms with E-state index >= 15 is 0 Å². The van der Waals surface area contributed by atoms with Crippen molar-refractivity contribution in [2.45, 2.75) is 0 Å². The maximum Gasteiger partial charge on any atom is 0.164 e. The van der Waals surface area contributed by atoms with Crippen molar-refractivity contribution in [1.82, 2.24) is 15.0 Å². The lowest BCUT2D eigenvalue weighted by Gasteiger charge is -2.27. The van der Waals surface area contributed by atoms with Crippen LogP contribution in [0.25, 0.3) is 89.1 Å². The second kappa shape index (κ2) is 15.0. The molecule has 0 amide bonds. The molecule has 0 aliphatic heterocycles. The Balaban J connectivity index is 1.02. The maximum atomic E-state index is 6.81. The van der Waals surface area contributed by atoms with Gasteiger partial charge in [0, 0.05) is 39.0 Å². The van der Waals surface area contributed by atoms with Crippen molar-refractivity contribution in [3.63, 3.8) is 0 Å². The summed E-state index contributed by atoms with van der Waals surface area (Å²) in [4.78, 5) is 17.2. The van der Waals surface area contributed by atoms with Crippen molar-refractivity contribution >= 4 is 49.8 Å². The van der Waals surface area contributed by atoms with Gasteiger partial charge in [0.1, 0.15) is 11.2 Å². The molecule has 0 aliphatic rings. The van der Waals surface area contributed by atoms with Crippen molar-refractivity contribution < 1.29 is 4.42 Å². The van der Waals surface area contributed by atoms with Crippen LogP contribution in [0.3, 0.4) is 0 Å². The third-order valence-electron chi connectivity index (χ3n) is 11.1. The summed E-state index contributed by atoms with van der Waals surface area (Å²) in [5, 5.41) is 4.33. The fourth-order valence-electron chi connectivity index (χ4n) is 8.15. The Kier molecular flexibility index (Phi) is 8.75. The van der Waals surface area contributed by atoms with Gasteiger partial charge in [0.15, 0.2) is 17.5 Å². The quantitative estimate of drug-likeness (QED) is 0.154. The lowest BCUT2D eigenvalue weighted by molar-refractivity contribution is 0.670. The number of fused-ring (bicyclic) bond motifs is 4. The summed E-state index contributed by atoms with van der Waals surface area (Å²) < 4.78 is 6.81. The molecule has 9 aromatic carbocycles. The molecule has 0 spiro atoms. The van der Waals surface area contributed by atoms with Crippen LogP contribution in [0, 0.1) is 0 Å². The molecule has 11 aromatic rings. The number of furan rings is 1. The first-order chi connectivity index (χ1) is 29.7. The zero-order valence-electron chi connectivity index (χ0n) is 32.5. The minimum Gasteiger partial charge on any atom is -0.455 e. The van der Waals surface area contributed by atoms with Crippen LogP contribution in [0.15, 0.2) is 223 Å². The molecule has 2 aromatic heterocycles. The minimum absolute atomic E-state index is 0.630. The van der Waals surface area contributed by atoms with Gasteiger partial charge in [0.25, 0.3) is 0 Å². The second-order valence-corrected chi connectivity index (χ2v) is 14.8. The standard InChI is InChI=1S/C55H36N4O/c1-5-15-37(16-6-1)38-29-31-46(32-30-38)59(45-21-11-4-12-22-45)49-34-33-47(52-51(49)48-23-13-14-24-50(48)60-52)43-27-25-42-36-44(28-26-41(42)35-43)55-57-53(39-17-7-2-8-18-39)56-54(58-55)40-19-9-3-10-20-40/h1-36H. The summed E-state index contributed by atoms with van der Waals surface area (Å²) in [7, 11) is 0. The lowest BCUT2D eigenvalue weighted by Crippen LogP contribution is -2.10. The summed E-state index contributed by atoms with van der Waals surface area (Å²) in [6.07, 6.45) is 0. The number of aromatic nitrogens is 3. The van der Waals surface area contributed by atoms with E-state index in [1.165, 1.54) is 11.1 Å². The van der Waals surface area contributed by atoms with Crippen molar-refractivity contribution in [3.05, 3.63) is 218 Å². The second-order valence-electron chi connectivity index (χ2n) is 14.8. The van der Waals surface area contributed by atoms with Gasteiger partial charge >= 0.3 is 0 Å². The van der Waals surface area contributed by atoms with E-state index in [1.54, 1.807) is 0 Å². The van der Waals surface area contributed by atoms with Crippen molar-refractivity contribution in [1.29, 1.82) is 0 Å². The molecule has 5 heteroatoms. The number of hydrogen-bond donors (Lipinski definition) is 0. The van der Waals surface area contributed by atoms with Crippen LogP contribution in [0.4, 0.5) is 17.1 Å². The van der Waals surface area contributed by atoms with Crippen LogP contribution in [0.1, 0.15) is 0 Å². The summed E-state index contributed by atoms with van der Waals surface area (Å²) >= 11 is 0. The topological polar surface area (TPSA) is 55.1 Å². The van der Waals surface area contributed by atoms with E-state index in [2.05, 4.69) is 157 Å². The Morgan fingerprint density at radius 3 is 1.45 bits per heavy atom. The number of hydrogen-bond acceptors (Lipinski definition) is 5. The van der Waals surface area contributed by atoms with Crippen LogP contribution >= 0.6 is 0 Å². The molecular weight excluding hydrogens is 733 g/mol. The molecule has 0 fully saturated rings. The highest BCUT2D eigenvalue weighted by Gasteiger charge is 2.22. The Labute approximate surface area is 347 Å². The van der Waals surface area contributed by atoms with Gasteiger partial charge in [-0.05, 0) is 82.1 Å².